The van der Waals surface area contributed by atoms with E-state index in [9.17, 15) is 9.18 Å². The molecule has 0 atom stereocenters. The molecule has 1 aromatic heterocycles. The Hall–Kier alpha value is -0.970. The van der Waals surface area contributed by atoms with Gasteiger partial charge < -0.3 is 5.11 Å². The van der Waals surface area contributed by atoms with Crippen molar-refractivity contribution in [2.24, 2.45) is 0 Å². The molecule has 3 nitrogen and oxygen atoms in total. The summed E-state index contributed by atoms with van der Waals surface area (Å²) in [5.41, 5.74) is 0.596. The summed E-state index contributed by atoms with van der Waals surface area (Å²) in [5, 5.41) is 8.88. The highest BCUT2D eigenvalue weighted by molar-refractivity contribution is 7.11. The van der Waals surface area contributed by atoms with Gasteiger partial charge in [0.1, 0.15) is 11.7 Å². The molecule has 0 aliphatic carbocycles. The van der Waals surface area contributed by atoms with Crippen molar-refractivity contribution in [3.05, 3.63) is 15.6 Å². The maximum atomic E-state index is 12.2. The number of halogens is 1. The first-order chi connectivity index (χ1) is 5.63. The molecule has 0 radical (unpaired) electrons. The number of thiazole rings is 1. The Labute approximate surface area is 72.9 Å². The first-order valence-corrected chi connectivity index (χ1v) is 4.18. The quantitative estimate of drug-likeness (QED) is 0.784. The summed E-state index contributed by atoms with van der Waals surface area (Å²) in [4.78, 5) is 14.7. The van der Waals surface area contributed by atoms with Crippen LogP contribution >= 0.6 is 11.3 Å². The highest BCUT2D eigenvalue weighted by atomic mass is 32.1. The number of rotatable bonds is 3. The maximum absolute atomic E-state index is 12.2. The van der Waals surface area contributed by atoms with Gasteiger partial charge in [0.05, 0.1) is 17.0 Å². The zero-order valence-electron chi connectivity index (χ0n) is 6.50. The molecule has 0 amide bonds. The van der Waals surface area contributed by atoms with Gasteiger partial charge in [-0.2, -0.15) is 0 Å². The van der Waals surface area contributed by atoms with E-state index in [0.29, 0.717) is 15.6 Å². The Bertz CT molecular complexity index is 298. The number of carboxylic acids is 1. The van der Waals surface area contributed by atoms with Gasteiger partial charge in [0.25, 0.3) is 0 Å². The van der Waals surface area contributed by atoms with Crippen molar-refractivity contribution in [1.29, 1.82) is 0 Å². The number of alkyl halides is 1. The zero-order valence-corrected chi connectivity index (χ0v) is 7.32. The largest absolute Gasteiger partial charge is 0.481 e. The van der Waals surface area contributed by atoms with Gasteiger partial charge in [-0.15, -0.1) is 11.3 Å². The summed E-state index contributed by atoms with van der Waals surface area (Å²) >= 11 is 1.12. The fourth-order valence-corrected chi connectivity index (χ4v) is 1.73. The molecule has 12 heavy (non-hydrogen) atoms. The molecule has 0 aliphatic rings. The molecule has 0 bridgehead atoms. The molecule has 1 heterocycles. The highest BCUT2D eigenvalue weighted by Crippen LogP contribution is 2.19. The Balaban J connectivity index is 2.82. The van der Waals surface area contributed by atoms with Crippen molar-refractivity contribution < 1.29 is 14.3 Å². The second-order valence-electron chi connectivity index (χ2n) is 2.32. The summed E-state index contributed by atoms with van der Waals surface area (Å²) in [6.45, 7) is 1.11. The standard InChI is InChI=1S/C7H8FNO2S/c1-4-5(3-8)12-6(9-4)2-7(10)11/h2-3H2,1H3,(H,10,11). The lowest BCUT2D eigenvalue weighted by molar-refractivity contribution is -0.136. The van der Waals surface area contributed by atoms with Crippen LogP contribution in [-0.4, -0.2) is 16.1 Å². The van der Waals surface area contributed by atoms with E-state index in [2.05, 4.69) is 4.98 Å². The fourth-order valence-electron chi connectivity index (χ4n) is 0.817. The number of carbonyl (C=O) groups is 1. The average molecular weight is 189 g/mol. The Morgan fingerprint density at radius 3 is 2.83 bits per heavy atom. The van der Waals surface area contributed by atoms with E-state index in [1.54, 1.807) is 6.92 Å². The van der Waals surface area contributed by atoms with Crippen LogP contribution in [-0.2, 0) is 17.9 Å². The van der Waals surface area contributed by atoms with Crippen LogP contribution in [0.3, 0.4) is 0 Å². The van der Waals surface area contributed by atoms with Gasteiger partial charge >= 0.3 is 5.97 Å². The van der Waals surface area contributed by atoms with E-state index >= 15 is 0 Å². The second kappa shape index (κ2) is 3.62. The van der Waals surface area contributed by atoms with Gasteiger partial charge in [-0.05, 0) is 6.92 Å². The lowest BCUT2D eigenvalue weighted by atomic mass is 10.4. The van der Waals surface area contributed by atoms with Crippen LogP contribution in [0.2, 0.25) is 0 Å². The lowest BCUT2D eigenvalue weighted by Crippen LogP contribution is -1.98. The molecule has 1 aromatic rings. The molecule has 5 heteroatoms. The molecule has 0 saturated heterocycles. The van der Waals surface area contributed by atoms with Gasteiger partial charge in [-0.3, -0.25) is 4.79 Å². The summed E-state index contributed by atoms with van der Waals surface area (Å²) in [7, 11) is 0. The molecule has 0 fully saturated rings. The predicted molar refractivity (Wildman–Crippen MR) is 43.0 cm³/mol. The van der Waals surface area contributed by atoms with E-state index in [1.807, 2.05) is 0 Å². The third-order valence-corrected chi connectivity index (χ3v) is 2.48. The molecule has 1 N–H and O–H groups in total. The minimum atomic E-state index is -0.936. The Kier molecular flexibility index (Phi) is 2.75. The topological polar surface area (TPSA) is 50.2 Å². The van der Waals surface area contributed by atoms with Crippen molar-refractivity contribution in [3.8, 4) is 0 Å². The minimum absolute atomic E-state index is 0.120. The van der Waals surface area contributed by atoms with E-state index in [-0.39, 0.29) is 6.42 Å². The maximum Gasteiger partial charge on any atom is 0.310 e. The molecule has 0 spiro atoms. The van der Waals surface area contributed by atoms with E-state index in [0.717, 1.165) is 11.3 Å². The van der Waals surface area contributed by atoms with Crippen LogP contribution in [0.15, 0.2) is 0 Å². The van der Waals surface area contributed by atoms with E-state index < -0.39 is 12.6 Å². The molecule has 66 valence electrons. The van der Waals surface area contributed by atoms with Crippen molar-refractivity contribution in [3.63, 3.8) is 0 Å². The molecular weight excluding hydrogens is 181 g/mol. The number of hydrogen-bond acceptors (Lipinski definition) is 3. The number of nitrogens with zero attached hydrogens (tertiary/aromatic N) is 1. The summed E-state index contributed by atoms with van der Waals surface area (Å²) in [6, 6.07) is 0. The number of aliphatic carboxylic acids is 1. The van der Waals surface area contributed by atoms with Gasteiger partial charge in [-0.1, -0.05) is 0 Å². The van der Waals surface area contributed by atoms with E-state index in [4.69, 9.17) is 5.11 Å². The fraction of sp³-hybridized carbons (Fsp3) is 0.429. The summed E-state index contributed by atoms with van der Waals surface area (Å²) in [5.74, 6) is -0.936. The van der Waals surface area contributed by atoms with Gasteiger partial charge in [0, 0.05) is 0 Å². The minimum Gasteiger partial charge on any atom is -0.481 e. The number of carboxylic acid groups (broad SMARTS) is 1. The number of aromatic nitrogens is 1. The smallest absolute Gasteiger partial charge is 0.310 e. The Morgan fingerprint density at radius 2 is 2.42 bits per heavy atom. The third kappa shape index (κ3) is 2.01. The van der Waals surface area contributed by atoms with Gasteiger partial charge in [0.2, 0.25) is 0 Å². The molecule has 0 saturated carbocycles. The molecule has 1 rings (SSSR count). The van der Waals surface area contributed by atoms with Crippen LogP contribution in [0.25, 0.3) is 0 Å². The van der Waals surface area contributed by atoms with Gasteiger partial charge in [0.15, 0.2) is 0 Å². The van der Waals surface area contributed by atoms with Crippen LogP contribution in [0.4, 0.5) is 4.39 Å². The molecular formula is C7H8FNO2S. The van der Waals surface area contributed by atoms with Crippen molar-refractivity contribution in [1.82, 2.24) is 4.98 Å². The van der Waals surface area contributed by atoms with Crippen LogP contribution < -0.4 is 0 Å². The monoisotopic (exact) mass is 189 g/mol. The molecule has 0 aliphatic heterocycles. The normalized spacial score (nSPS) is 10.2. The average Bonchev–Trinajstić information content (AvgIpc) is 2.29. The van der Waals surface area contributed by atoms with Crippen molar-refractivity contribution in [2.75, 3.05) is 0 Å². The second-order valence-corrected chi connectivity index (χ2v) is 3.49. The SMILES string of the molecule is Cc1nc(CC(=O)O)sc1CF. The Morgan fingerprint density at radius 1 is 1.75 bits per heavy atom. The summed E-state index contributed by atoms with van der Waals surface area (Å²) < 4.78 is 12.2. The molecule has 0 aromatic carbocycles. The van der Waals surface area contributed by atoms with E-state index in [1.165, 1.54) is 0 Å². The zero-order chi connectivity index (χ0) is 9.14. The first-order valence-electron chi connectivity index (χ1n) is 3.36. The predicted octanol–water partition coefficient (Wildman–Crippen LogP) is 1.55. The number of aryl methyl sites for hydroxylation is 1. The molecule has 0 unspecified atom stereocenters. The van der Waals surface area contributed by atoms with Crippen molar-refractivity contribution in [2.45, 2.75) is 20.0 Å². The summed E-state index contributed by atoms with van der Waals surface area (Å²) in [6.07, 6.45) is -0.120. The number of hydrogen-bond donors (Lipinski definition) is 1. The lowest BCUT2D eigenvalue weighted by Gasteiger charge is -1.85. The van der Waals surface area contributed by atoms with Crippen molar-refractivity contribution >= 4 is 17.3 Å². The first kappa shape index (κ1) is 9.12. The third-order valence-electron chi connectivity index (χ3n) is 1.36. The van der Waals surface area contributed by atoms with Crippen LogP contribution in [0, 0.1) is 6.92 Å². The van der Waals surface area contributed by atoms with Crippen LogP contribution in [0.1, 0.15) is 15.6 Å². The van der Waals surface area contributed by atoms with Crippen LogP contribution in [0.5, 0.6) is 0 Å². The van der Waals surface area contributed by atoms with Gasteiger partial charge in [-0.25, -0.2) is 9.37 Å². The highest BCUT2D eigenvalue weighted by Gasteiger charge is 2.09.